The largest absolute Gasteiger partial charge is 0.496 e. The van der Waals surface area contributed by atoms with E-state index in [1.165, 1.54) is 0 Å². The van der Waals surface area contributed by atoms with E-state index in [0.29, 0.717) is 5.75 Å². The van der Waals surface area contributed by atoms with Gasteiger partial charge in [0.2, 0.25) is 0 Å². The fourth-order valence-corrected chi connectivity index (χ4v) is 4.22. The molecule has 106 valence electrons. The van der Waals surface area contributed by atoms with Crippen LogP contribution in [0.2, 0.25) is 0 Å². The van der Waals surface area contributed by atoms with E-state index < -0.39 is 9.84 Å². The standard InChI is InChI=1S/C14H21NO3S/c1-18-14-8-3-2-6-12(14)10-19(16,17)11-13-7-4-5-9-15-13/h2-3,6,8,13,15H,4-5,7,9-11H2,1H3. The molecule has 0 bridgehead atoms. The van der Waals surface area contributed by atoms with E-state index in [1.807, 2.05) is 18.2 Å². The minimum atomic E-state index is -3.11. The Bertz CT molecular complexity index is 507. The summed E-state index contributed by atoms with van der Waals surface area (Å²) in [4.78, 5) is 0. The van der Waals surface area contributed by atoms with Crippen molar-refractivity contribution in [2.24, 2.45) is 0 Å². The quantitative estimate of drug-likeness (QED) is 0.894. The van der Waals surface area contributed by atoms with Crippen molar-refractivity contribution in [2.75, 3.05) is 19.4 Å². The van der Waals surface area contributed by atoms with Crippen LogP contribution in [0, 0.1) is 0 Å². The maximum Gasteiger partial charge on any atom is 0.156 e. The number of ether oxygens (including phenoxy) is 1. The molecule has 1 aromatic rings. The Balaban J connectivity index is 2.03. The smallest absolute Gasteiger partial charge is 0.156 e. The van der Waals surface area contributed by atoms with Crippen LogP contribution in [0.25, 0.3) is 0 Å². The van der Waals surface area contributed by atoms with Gasteiger partial charge in [-0.1, -0.05) is 24.6 Å². The third kappa shape index (κ3) is 4.21. The number of piperidine rings is 1. The zero-order chi connectivity index (χ0) is 13.7. The van der Waals surface area contributed by atoms with Gasteiger partial charge in [0, 0.05) is 11.6 Å². The van der Waals surface area contributed by atoms with Crippen molar-refractivity contribution in [3.05, 3.63) is 29.8 Å². The zero-order valence-electron chi connectivity index (χ0n) is 11.3. The molecule has 1 unspecified atom stereocenters. The lowest BCUT2D eigenvalue weighted by Gasteiger charge is -2.23. The summed E-state index contributed by atoms with van der Waals surface area (Å²) in [7, 11) is -1.55. The SMILES string of the molecule is COc1ccccc1CS(=O)(=O)CC1CCCCN1. The molecule has 19 heavy (non-hydrogen) atoms. The van der Waals surface area contributed by atoms with Gasteiger partial charge >= 0.3 is 0 Å². The van der Waals surface area contributed by atoms with Crippen LogP contribution < -0.4 is 10.1 Å². The summed E-state index contributed by atoms with van der Waals surface area (Å²) in [6.45, 7) is 0.925. The van der Waals surface area contributed by atoms with E-state index in [0.717, 1.165) is 31.4 Å². The highest BCUT2D eigenvalue weighted by molar-refractivity contribution is 7.90. The molecule has 1 fully saturated rings. The van der Waals surface area contributed by atoms with Crippen LogP contribution in [0.1, 0.15) is 24.8 Å². The first kappa shape index (κ1) is 14.3. The monoisotopic (exact) mass is 283 g/mol. The number of methoxy groups -OCH3 is 1. The fourth-order valence-electron chi connectivity index (χ4n) is 2.49. The van der Waals surface area contributed by atoms with Crippen molar-refractivity contribution in [3.8, 4) is 5.75 Å². The second kappa shape index (κ2) is 6.39. The highest BCUT2D eigenvalue weighted by Crippen LogP contribution is 2.21. The minimum absolute atomic E-state index is 0.0508. The maximum atomic E-state index is 12.2. The van der Waals surface area contributed by atoms with Crippen molar-refractivity contribution in [1.82, 2.24) is 5.32 Å². The van der Waals surface area contributed by atoms with Gasteiger partial charge in [0.1, 0.15) is 5.75 Å². The number of nitrogens with one attached hydrogen (secondary N) is 1. The number of para-hydroxylation sites is 1. The van der Waals surface area contributed by atoms with E-state index in [-0.39, 0.29) is 17.5 Å². The summed E-state index contributed by atoms with van der Waals surface area (Å²) in [6, 6.07) is 7.40. The molecule has 1 heterocycles. The molecule has 0 aliphatic carbocycles. The molecule has 4 nitrogen and oxygen atoms in total. The Hall–Kier alpha value is -1.07. The topological polar surface area (TPSA) is 55.4 Å². The van der Waals surface area contributed by atoms with E-state index in [2.05, 4.69) is 5.32 Å². The molecule has 1 saturated heterocycles. The van der Waals surface area contributed by atoms with Crippen LogP contribution in [0.15, 0.2) is 24.3 Å². The molecule has 2 rings (SSSR count). The summed E-state index contributed by atoms with van der Waals surface area (Å²) >= 11 is 0. The Morgan fingerprint density at radius 1 is 1.32 bits per heavy atom. The van der Waals surface area contributed by atoms with Crippen LogP contribution in [-0.4, -0.2) is 33.9 Å². The highest BCUT2D eigenvalue weighted by atomic mass is 32.2. The molecular formula is C14H21NO3S. The van der Waals surface area contributed by atoms with Gasteiger partial charge < -0.3 is 10.1 Å². The predicted octanol–water partition coefficient (Wildman–Crippen LogP) is 1.75. The molecule has 0 spiro atoms. The third-order valence-electron chi connectivity index (χ3n) is 3.44. The van der Waals surface area contributed by atoms with Gasteiger partial charge in [-0.2, -0.15) is 0 Å². The molecule has 1 aromatic carbocycles. The molecule has 1 aliphatic rings. The number of hydrogen-bond acceptors (Lipinski definition) is 4. The van der Waals surface area contributed by atoms with Crippen LogP contribution >= 0.6 is 0 Å². The maximum absolute atomic E-state index is 12.2. The van der Waals surface area contributed by atoms with Gasteiger partial charge in [0.25, 0.3) is 0 Å². The van der Waals surface area contributed by atoms with Gasteiger partial charge in [-0.25, -0.2) is 8.42 Å². The molecule has 1 atom stereocenters. The van der Waals surface area contributed by atoms with E-state index in [4.69, 9.17) is 4.74 Å². The first-order valence-electron chi connectivity index (χ1n) is 6.66. The Kier molecular flexibility index (Phi) is 4.82. The minimum Gasteiger partial charge on any atom is -0.496 e. The van der Waals surface area contributed by atoms with Crippen molar-refractivity contribution in [1.29, 1.82) is 0 Å². The molecule has 5 heteroatoms. The van der Waals surface area contributed by atoms with Crippen molar-refractivity contribution >= 4 is 9.84 Å². The molecule has 1 N–H and O–H groups in total. The Labute approximate surface area is 115 Å². The number of hydrogen-bond donors (Lipinski definition) is 1. The normalized spacial score (nSPS) is 20.2. The Morgan fingerprint density at radius 3 is 2.79 bits per heavy atom. The molecule has 1 aliphatic heterocycles. The second-order valence-electron chi connectivity index (χ2n) is 5.01. The van der Waals surface area contributed by atoms with Crippen molar-refractivity contribution in [3.63, 3.8) is 0 Å². The Morgan fingerprint density at radius 2 is 2.11 bits per heavy atom. The molecule has 0 radical (unpaired) electrons. The lowest BCUT2D eigenvalue weighted by atomic mass is 10.1. The summed E-state index contributed by atoms with van der Waals surface area (Å²) in [5, 5.41) is 3.28. The highest BCUT2D eigenvalue weighted by Gasteiger charge is 2.22. The average molecular weight is 283 g/mol. The molecule has 0 amide bonds. The lowest BCUT2D eigenvalue weighted by Crippen LogP contribution is -2.39. The summed E-state index contributed by atoms with van der Waals surface area (Å²) in [6.07, 6.45) is 3.20. The second-order valence-corrected chi connectivity index (χ2v) is 7.12. The predicted molar refractivity (Wildman–Crippen MR) is 76.1 cm³/mol. The molecule has 0 aromatic heterocycles. The van der Waals surface area contributed by atoms with Crippen LogP contribution in [0.4, 0.5) is 0 Å². The first-order valence-corrected chi connectivity index (χ1v) is 8.48. The first-order chi connectivity index (χ1) is 9.11. The van der Waals surface area contributed by atoms with Crippen molar-refractivity contribution < 1.29 is 13.2 Å². The number of rotatable bonds is 5. The van der Waals surface area contributed by atoms with Gasteiger partial charge in [-0.15, -0.1) is 0 Å². The summed E-state index contributed by atoms with van der Waals surface area (Å²) < 4.78 is 29.7. The van der Waals surface area contributed by atoms with Gasteiger partial charge in [-0.05, 0) is 25.5 Å². The van der Waals surface area contributed by atoms with Gasteiger partial charge in [0.05, 0.1) is 18.6 Å². The number of benzene rings is 1. The fraction of sp³-hybridized carbons (Fsp3) is 0.571. The zero-order valence-corrected chi connectivity index (χ0v) is 12.1. The summed E-state index contributed by atoms with van der Waals surface area (Å²) in [5.41, 5.74) is 0.737. The van der Waals surface area contributed by atoms with Crippen LogP contribution in [0.3, 0.4) is 0 Å². The van der Waals surface area contributed by atoms with E-state index in [1.54, 1.807) is 13.2 Å². The molecular weight excluding hydrogens is 262 g/mol. The van der Waals surface area contributed by atoms with Crippen LogP contribution in [-0.2, 0) is 15.6 Å². The van der Waals surface area contributed by atoms with Crippen LogP contribution in [0.5, 0.6) is 5.75 Å². The number of sulfone groups is 1. The lowest BCUT2D eigenvalue weighted by molar-refractivity contribution is 0.410. The third-order valence-corrected chi connectivity index (χ3v) is 5.10. The van der Waals surface area contributed by atoms with Crippen molar-refractivity contribution in [2.45, 2.75) is 31.1 Å². The van der Waals surface area contributed by atoms with Gasteiger partial charge in [-0.3, -0.25) is 0 Å². The van der Waals surface area contributed by atoms with Gasteiger partial charge in [0.15, 0.2) is 9.84 Å². The summed E-state index contributed by atoms with van der Waals surface area (Å²) in [5.74, 6) is 0.905. The van der Waals surface area contributed by atoms with E-state index in [9.17, 15) is 8.42 Å². The molecule has 0 saturated carbocycles. The average Bonchev–Trinajstić information content (AvgIpc) is 2.39. The van der Waals surface area contributed by atoms with E-state index >= 15 is 0 Å².